The summed E-state index contributed by atoms with van der Waals surface area (Å²) in [5.74, 6) is -1.13. The van der Waals surface area contributed by atoms with Crippen LogP contribution in [0.3, 0.4) is 0 Å². The number of piperidine rings is 1. The Bertz CT molecular complexity index is 463. The summed E-state index contributed by atoms with van der Waals surface area (Å²) in [6.07, 6.45) is 0.820. The highest BCUT2D eigenvalue weighted by Gasteiger charge is 2.25. The number of benzene rings is 1. The van der Waals surface area contributed by atoms with Gasteiger partial charge in [0.15, 0.2) is 0 Å². The van der Waals surface area contributed by atoms with Gasteiger partial charge in [-0.25, -0.2) is 4.39 Å². The van der Waals surface area contributed by atoms with Gasteiger partial charge >= 0.3 is 0 Å². The molecule has 1 fully saturated rings. The fourth-order valence-electron chi connectivity index (χ4n) is 1.80. The van der Waals surface area contributed by atoms with E-state index in [0.29, 0.717) is 23.9 Å². The normalized spacial score (nSPS) is 19.2. The standard InChI is InChI=1S/C12H12BrFN2O2/c13-8-2-1-3-9(14)11(8)16-12(18)7-4-5-10(17)15-6-7/h1-3,7H,4-6H2,(H,15,17)(H,16,18). The van der Waals surface area contributed by atoms with Crippen molar-refractivity contribution in [2.45, 2.75) is 12.8 Å². The monoisotopic (exact) mass is 314 g/mol. The zero-order chi connectivity index (χ0) is 13.1. The first-order valence-electron chi connectivity index (χ1n) is 5.59. The fourth-order valence-corrected chi connectivity index (χ4v) is 2.24. The third kappa shape index (κ3) is 2.87. The van der Waals surface area contributed by atoms with E-state index < -0.39 is 5.82 Å². The van der Waals surface area contributed by atoms with E-state index in [0.717, 1.165) is 0 Å². The van der Waals surface area contributed by atoms with Crippen molar-refractivity contribution in [1.29, 1.82) is 0 Å². The molecule has 1 aromatic rings. The number of amides is 2. The van der Waals surface area contributed by atoms with Gasteiger partial charge in [0, 0.05) is 17.4 Å². The molecule has 0 saturated carbocycles. The van der Waals surface area contributed by atoms with Gasteiger partial charge < -0.3 is 10.6 Å². The summed E-state index contributed by atoms with van der Waals surface area (Å²) >= 11 is 3.18. The number of nitrogens with one attached hydrogen (secondary N) is 2. The van der Waals surface area contributed by atoms with Crippen LogP contribution in [0, 0.1) is 11.7 Å². The van der Waals surface area contributed by atoms with Crippen LogP contribution in [-0.2, 0) is 9.59 Å². The van der Waals surface area contributed by atoms with Gasteiger partial charge in [-0.2, -0.15) is 0 Å². The predicted octanol–water partition coefficient (Wildman–Crippen LogP) is 2.05. The smallest absolute Gasteiger partial charge is 0.229 e. The third-order valence-corrected chi connectivity index (χ3v) is 3.51. The van der Waals surface area contributed by atoms with Crippen molar-refractivity contribution in [2.75, 3.05) is 11.9 Å². The second kappa shape index (κ2) is 5.48. The number of halogens is 2. The minimum absolute atomic E-state index is 0.0499. The van der Waals surface area contributed by atoms with Crippen molar-refractivity contribution in [2.24, 2.45) is 5.92 Å². The summed E-state index contributed by atoms with van der Waals surface area (Å²) in [6, 6.07) is 4.49. The molecule has 2 N–H and O–H groups in total. The second-order valence-electron chi connectivity index (χ2n) is 4.13. The molecule has 1 aliphatic rings. The number of hydrogen-bond acceptors (Lipinski definition) is 2. The molecule has 4 nitrogen and oxygen atoms in total. The number of para-hydroxylation sites is 1. The molecule has 0 bridgehead atoms. The van der Waals surface area contributed by atoms with E-state index in [1.54, 1.807) is 12.1 Å². The molecule has 0 radical (unpaired) electrons. The summed E-state index contributed by atoms with van der Waals surface area (Å²) in [5.41, 5.74) is 0.138. The Morgan fingerprint density at radius 2 is 2.28 bits per heavy atom. The summed E-state index contributed by atoms with van der Waals surface area (Å²) in [5, 5.41) is 5.17. The van der Waals surface area contributed by atoms with Crippen LogP contribution in [0.15, 0.2) is 22.7 Å². The van der Waals surface area contributed by atoms with Crippen LogP contribution in [0.2, 0.25) is 0 Å². The third-order valence-electron chi connectivity index (χ3n) is 2.85. The molecule has 1 atom stereocenters. The van der Waals surface area contributed by atoms with Gasteiger partial charge in [0.25, 0.3) is 0 Å². The first kappa shape index (κ1) is 13.0. The quantitative estimate of drug-likeness (QED) is 0.877. The highest BCUT2D eigenvalue weighted by atomic mass is 79.9. The molecule has 1 aliphatic heterocycles. The molecule has 2 rings (SSSR count). The maximum absolute atomic E-state index is 13.5. The molecule has 1 aromatic carbocycles. The highest BCUT2D eigenvalue weighted by molar-refractivity contribution is 9.10. The van der Waals surface area contributed by atoms with Gasteiger partial charge in [0.2, 0.25) is 11.8 Å². The van der Waals surface area contributed by atoms with Gasteiger partial charge in [0.1, 0.15) is 5.82 Å². The van der Waals surface area contributed by atoms with Gasteiger partial charge in [-0.15, -0.1) is 0 Å². The van der Waals surface area contributed by atoms with E-state index in [2.05, 4.69) is 26.6 Å². The predicted molar refractivity (Wildman–Crippen MR) is 68.5 cm³/mol. The zero-order valence-corrected chi connectivity index (χ0v) is 11.1. The van der Waals surface area contributed by atoms with Crippen molar-refractivity contribution in [3.63, 3.8) is 0 Å². The molecule has 2 amide bonds. The largest absolute Gasteiger partial charge is 0.355 e. The Kier molecular flexibility index (Phi) is 3.96. The molecular weight excluding hydrogens is 303 g/mol. The van der Waals surface area contributed by atoms with Crippen LogP contribution in [0.1, 0.15) is 12.8 Å². The first-order valence-corrected chi connectivity index (χ1v) is 6.39. The van der Waals surface area contributed by atoms with E-state index in [4.69, 9.17) is 0 Å². The van der Waals surface area contributed by atoms with Crippen molar-refractivity contribution >= 4 is 33.4 Å². The summed E-state index contributed by atoms with van der Waals surface area (Å²) in [7, 11) is 0. The lowest BCUT2D eigenvalue weighted by molar-refractivity contribution is -0.126. The number of carbonyl (C=O) groups is 2. The summed E-state index contributed by atoms with van der Waals surface area (Å²) < 4.78 is 14.0. The Morgan fingerprint density at radius 1 is 1.50 bits per heavy atom. The van der Waals surface area contributed by atoms with Crippen molar-refractivity contribution in [3.05, 3.63) is 28.5 Å². The van der Waals surface area contributed by atoms with Crippen LogP contribution in [-0.4, -0.2) is 18.4 Å². The van der Waals surface area contributed by atoms with E-state index in [1.807, 2.05) is 0 Å². The Hall–Kier alpha value is -1.43. The van der Waals surface area contributed by atoms with Crippen molar-refractivity contribution in [1.82, 2.24) is 5.32 Å². The molecule has 0 aromatic heterocycles. The van der Waals surface area contributed by atoms with Crippen LogP contribution in [0.25, 0.3) is 0 Å². The van der Waals surface area contributed by atoms with Gasteiger partial charge in [-0.05, 0) is 34.5 Å². The van der Waals surface area contributed by atoms with Crippen molar-refractivity contribution < 1.29 is 14.0 Å². The molecule has 1 heterocycles. The minimum Gasteiger partial charge on any atom is -0.355 e. The lowest BCUT2D eigenvalue weighted by Gasteiger charge is -2.22. The van der Waals surface area contributed by atoms with E-state index >= 15 is 0 Å². The Morgan fingerprint density at radius 3 is 2.89 bits per heavy atom. The maximum Gasteiger partial charge on any atom is 0.229 e. The number of anilines is 1. The second-order valence-corrected chi connectivity index (χ2v) is 4.98. The SMILES string of the molecule is O=C1CCC(C(=O)Nc2c(F)cccc2Br)CN1. The van der Waals surface area contributed by atoms with E-state index in [1.165, 1.54) is 6.07 Å². The van der Waals surface area contributed by atoms with Gasteiger partial charge in [-0.1, -0.05) is 6.07 Å². The minimum atomic E-state index is -0.488. The molecule has 0 aliphatic carbocycles. The Labute approximate surface area is 112 Å². The van der Waals surface area contributed by atoms with Gasteiger partial charge in [0.05, 0.1) is 11.6 Å². The van der Waals surface area contributed by atoms with Crippen LogP contribution >= 0.6 is 15.9 Å². The highest BCUT2D eigenvalue weighted by Crippen LogP contribution is 2.26. The van der Waals surface area contributed by atoms with Gasteiger partial charge in [-0.3, -0.25) is 9.59 Å². The van der Waals surface area contributed by atoms with Crippen LogP contribution < -0.4 is 10.6 Å². The first-order chi connectivity index (χ1) is 8.58. The van der Waals surface area contributed by atoms with E-state index in [9.17, 15) is 14.0 Å². The molecule has 18 heavy (non-hydrogen) atoms. The fraction of sp³-hybridized carbons (Fsp3) is 0.333. The molecular formula is C12H12BrFN2O2. The van der Waals surface area contributed by atoms with E-state index in [-0.39, 0.29) is 23.4 Å². The van der Waals surface area contributed by atoms with Crippen LogP contribution in [0.4, 0.5) is 10.1 Å². The number of rotatable bonds is 2. The molecule has 0 spiro atoms. The summed E-state index contributed by atoms with van der Waals surface area (Å²) in [4.78, 5) is 22.9. The number of carbonyl (C=O) groups excluding carboxylic acids is 2. The molecule has 1 unspecified atom stereocenters. The van der Waals surface area contributed by atoms with Crippen molar-refractivity contribution in [3.8, 4) is 0 Å². The zero-order valence-electron chi connectivity index (χ0n) is 9.50. The average molecular weight is 315 g/mol. The maximum atomic E-state index is 13.5. The Balaban J connectivity index is 2.05. The number of hydrogen-bond donors (Lipinski definition) is 2. The average Bonchev–Trinajstić information content (AvgIpc) is 2.34. The molecule has 6 heteroatoms. The van der Waals surface area contributed by atoms with Crippen LogP contribution in [0.5, 0.6) is 0 Å². The lowest BCUT2D eigenvalue weighted by Crippen LogP contribution is -2.40. The topological polar surface area (TPSA) is 58.2 Å². The lowest BCUT2D eigenvalue weighted by atomic mass is 9.98. The summed E-state index contributed by atoms with van der Waals surface area (Å²) in [6.45, 7) is 0.302. The molecule has 96 valence electrons. The molecule has 1 saturated heterocycles.